The molecule has 1 atom stereocenters. The van der Waals surface area contributed by atoms with E-state index in [0.717, 1.165) is 24.8 Å². The number of ether oxygens (including phenoxy) is 1. The standard InChI is InChI=1S/C24H27ClN2O4/c1-3-4-5-12-31-24(30)17-7-9-19(10-8-17)26-23(29)18-13-22(28)27(15-18)20-11-6-16(2)21(25)14-20/h6-11,14,18H,3-5,12-13,15H2,1-2H3,(H,26,29)/t18-/m0/s1. The fourth-order valence-corrected chi connectivity index (χ4v) is 3.59. The first-order valence-corrected chi connectivity index (χ1v) is 10.9. The van der Waals surface area contributed by atoms with Crippen LogP contribution in [0.25, 0.3) is 0 Å². The monoisotopic (exact) mass is 442 g/mol. The Morgan fingerprint density at radius 3 is 2.58 bits per heavy atom. The van der Waals surface area contributed by atoms with Crippen LogP contribution in [0.4, 0.5) is 11.4 Å². The van der Waals surface area contributed by atoms with Crippen LogP contribution in [-0.2, 0) is 14.3 Å². The third-order valence-corrected chi connectivity index (χ3v) is 5.74. The summed E-state index contributed by atoms with van der Waals surface area (Å²) in [4.78, 5) is 38.7. The number of esters is 1. The molecule has 0 bridgehead atoms. The Labute approximate surface area is 187 Å². The molecule has 0 radical (unpaired) electrons. The van der Waals surface area contributed by atoms with Crippen LogP contribution in [0.1, 0.15) is 48.5 Å². The molecule has 0 unspecified atom stereocenters. The van der Waals surface area contributed by atoms with Gasteiger partial charge in [-0.25, -0.2) is 4.79 Å². The highest BCUT2D eigenvalue weighted by Gasteiger charge is 2.35. The van der Waals surface area contributed by atoms with Gasteiger partial charge in [0.05, 0.1) is 18.1 Å². The number of carbonyl (C=O) groups excluding carboxylic acids is 3. The summed E-state index contributed by atoms with van der Waals surface area (Å²) in [6.07, 6.45) is 3.08. The lowest BCUT2D eigenvalue weighted by molar-refractivity contribution is -0.122. The van der Waals surface area contributed by atoms with Gasteiger partial charge in [0, 0.05) is 29.4 Å². The first-order chi connectivity index (χ1) is 14.9. The van der Waals surface area contributed by atoms with E-state index < -0.39 is 5.92 Å². The number of benzene rings is 2. The molecule has 164 valence electrons. The third-order valence-electron chi connectivity index (χ3n) is 5.33. The molecule has 0 saturated carbocycles. The molecule has 1 aliphatic heterocycles. The van der Waals surface area contributed by atoms with Crippen molar-refractivity contribution in [1.29, 1.82) is 0 Å². The van der Waals surface area contributed by atoms with E-state index in [-0.39, 0.29) is 24.2 Å². The zero-order valence-electron chi connectivity index (χ0n) is 17.8. The van der Waals surface area contributed by atoms with Gasteiger partial charge in [0.1, 0.15) is 0 Å². The zero-order chi connectivity index (χ0) is 22.4. The maximum absolute atomic E-state index is 12.7. The number of unbranched alkanes of at least 4 members (excludes halogenated alkanes) is 2. The van der Waals surface area contributed by atoms with Crippen molar-refractivity contribution in [2.24, 2.45) is 5.92 Å². The molecule has 1 N–H and O–H groups in total. The normalized spacial score (nSPS) is 15.8. The van der Waals surface area contributed by atoms with Crippen LogP contribution in [0, 0.1) is 12.8 Å². The van der Waals surface area contributed by atoms with Crippen LogP contribution >= 0.6 is 11.6 Å². The quantitative estimate of drug-likeness (QED) is 0.461. The highest BCUT2D eigenvalue weighted by molar-refractivity contribution is 6.31. The predicted molar refractivity (Wildman–Crippen MR) is 122 cm³/mol. The molecule has 1 fully saturated rings. The second-order valence-electron chi connectivity index (χ2n) is 7.75. The van der Waals surface area contributed by atoms with Gasteiger partial charge in [-0.05, 0) is 55.3 Å². The summed E-state index contributed by atoms with van der Waals surface area (Å²) in [5.41, 5.74) is 2.63. The van der Waals surface area contributed by atoms with Crippen LogP contribution in [0.5, 0.6) is 0 Å². The maximum atomic E-state index is 12.7. The van der Waals surface area contributed by atoms with Crippen molar-refractivity contribution in [3.05, 3.63) is 58.6 Å². The molecule has 0 spiro atoms. The molecule has 7 heteroatoms. The van der Waals surface area contributed by atoms with Gasteiger partial charge >= 0.3 is 5.97 Å². The van der Waals surface area contributed by atoms with E-state index in [2.05, 4.69) is 12.2 Å². The number of aryl methyl sites for hydroxylation is 1. The van der Waals surface area contributed by atoms with Gasteiger partial charge in [0.2, 0.25) is 11.8 Å². The first kappa shape index (κ1) is 22.8. The number of nitrogens with zero attached hydrogens (tertiary/aromatic N) is 1. The molecule has 0 aromatic heterocycles. The molecule has 0 aliphatic carbocycles. The smallest absolute Gasteiger partial charge is 0.338 e. The van der Waals surface area contributed by atoms with Crippen LogP contribution in [0.15, 0.2) is 42.5 Å². The largest absolute Gasteiger partial charge is 0.462 e. The van der Waals surface area contributed by atoms with Gasteiger partial charge in [-0.2, -0.15) is 0 Å². The Kier molecular flexibility index (Phi) is 7.69. The summed E-state index contributed by atoms with van der Waals surface area (Å²) < 4.78 is 5.24. The van der Waals surface area contributed by atoms with E-state index in [9.17, 15) is 14.4 Å². The van der Waals surface area contributed by atoms with Gasteiger partial charge < -0.3 is 15.0 Å². The molecule has 1 heterocycles. The zero-order valence-corrected chi connectivity index (χ0v) is 18.6. The predicted octanol–water partition coefficient (Wildman–Crippen LogP) is 4.99. The summed E-state index contributed by atoms with van der Waals surface area (Å²) in [6.45, 7) is 4.69. The summed E-state index contributed by atoms with van der Waals surface area (Å²) in [5, 5.41) is 3.41. The van der Waals surface area contributed by atoms with Gasteiger partial charge in [-0.1, -0.05) is 37.4 Å². The van der Waals surface area contributed by atoms with Gasteiger partial charge in [0.15, 0.2) is 0 Å². The number of halogens is 1. The number of carbonyl (C=O) groups is 3. The summed E-state index contributed by atoms with van der Waals surface area (Å²) in [7, 11) is 0. The minimum Gasteiger partial charge on any atom is -0.462 e. The number of anilines is 2. The number of rotatable bonds is 8. The lowest BCUT2D eigenvalue weighted by Gasteiger charge is -2.17. The maximum Gasteiger partial charge on any atom is 0.338 e. The highest BCUT2D eigenvalue weighted by Crippen LogP contribution is 2.29. The number of amides is 2. The van der Waals surface area contributed by atoms with Crippen molar-refractivity contribution in [2.75, 3.05) is 23.4 Å². The molecule has 2 amide bonds. The Balaban J connectivity index is 1.56. The summed E-state index contributed by atoms with van der Waals surface area (Å²) in [6, 6.07) is 12.0. The van der Waals surface area contributed by atoms with Gasteiger partial charge in [-0.15, -0.1) is 0 Å². The minimum atomic E-state index is -0.462. The van der Waals surface area contributed by atoms with Crippen LogP contribution in [0.3, 0.4) is 0 Å². The van der Waals surface area contributed by atoms with Crippen molar-refractivity contribution < 1.29 is 19.1 Å². The van der Waals surface area contributed by atoms with E-state index in [1.807, 2.05) is 19.1 Å². The van der Waals surface area contributed by atoms with Crippen LogP contribution in [-0.4, -0.2) is 30.9 Å². The number of hydrogen-bond donors (Lipinski definition) is 1. The second-order valence-corrected chi connectivity index (χ2v) is 8.16. The van der Waals surface area contributed by atoms with Crippen LogP contribution in [0.2, 0.25) is 5.02 Å². The van der Waals surface area contributed by atoms with E-state index >= 15 is 0 Å². The molecule has 1 aliphatic rings. The summed E-state index contributed by atoms with van der Waals surface area (Å²) >= 11 is 6.17. The minimum absolute atomic E-state index is 0.110. The van der Waals surface area contributed by atoms with E-state index in [4.69, 9.17) is 16.3 Å². The van der Waals surface area contributed by atoms with E-state index in [1.54, 1.807) is 35.2 Å². The summed E-state index contributed by atoms with van der Waals surface area (Å²) in [5.74, 6) is -1.18. The second kappa shape index (κ2) is 10.4. The van der Waals surface area contributed by atoms with Crippen LogP contribution < -0.4 is 10.2 Å². The molecule has 6 nitrogen and oxygen atoms in total. The topological polar surface area (TPSA) is 75.7 Å². The Morgan fingerprint density at radius 2 is 1.90 bits per heavy atom. The lowest BCUT2D eigenvalue weighted by atomic mass is 10.1. The van der Waals surface area contributed by atoms with Gasteiger partial charge in [-0.3, -0.25) is 9.59 Å². The highest BCUT2D eigenvalue weighted by atomic mass is 35.5. The SMILES string of the molecule is CCCCCOC(=O)c1ccc(NC(=O)[C@H]2CC(=O)N(c3ccc(C)c(Cl)c3)C2)cc1. The van der Waals surface area contributed by atoms with Gasteiger partial charge in [0.25, 0.3) is 0 Å². The molecule has 1 saturated heterocycles. The fourth-order valence-electron chi connectivity index (χ4n) is 3.42. The van der Waals surface area contributed by atoms with E-state index in [1.165, 1.54) is 0 Å². The van der Waals surface area contributed by atoms with Crippen molar-refractivity contribution in [1.82, 2.24) is 0 Å². The third kappa shape index (κ3) is 5.85. The van der Waals surface area contributed by atoms with Crippen molar-refractivity contribution in [3.8, 4) is 0 Å². The number of nitrogens with one attached hydrogen (secondary N) is 1. The average Bonchev–Trinajstić information content (AvgIpc) is 3.15. The average molecular weight is 443 g/mol. The van der Waals surface area contributed by atoms with E-state index in [0.29, 0.717) is 35.1 Å². The molecule has 2 aromatic rings. The molecular weight excluding hydrogens is 416 g/mol. The van der Waals surface area contributed by atoms with Crippen molar-refractivity contribution in [3.63, 3.8) is 0 Å². The molecule has 2 aromatic carbocycles. The number of hydrogen-bond acceptors (Lipinski definition) is 4. The fraction of sp³-hybridized carbons (Fsp3) is 0.375. The Bertz CT molecular complexity index is 959. The molecule has 31 heavy (non-hydrogen) atoms. The first-order valence-electron chi connectivity index (χ1n) is 10.5. The van der Waals surface area contributed by atoms with Crippen molar-refractivity contribution >= 4 is 40.8 Å². The Hall–Kier alpha value is -2.86. The van der Waals surface area contributed by atoms with Crippen molar-refractivity contribution in [2.45, 2.75) is 39.5 Å². The molecular formula is C24H27ClN2O4. The lowest BCUT2D eigenvalue weighted by Crippen LogP contribution is -2.28. The Morgan fingerprint density at radius 1 is 1.16 bits per heavy atom. The molecule has 3 rings (SSSR count).